The summed E-state index contributed by atoms with van der Waals surface area (Å²) < 4.78 is 21.7. The van der Waals surface area contributed by atoms with Gasteiger partial charge in [0, 0.05) is 18.3 Å². The lowest BCUT2D eigenvalue weighted by Crippen LogP contribution is -2.25. The van der Waals surface area contributed by atoms with Gasteiger partial charge in [-0.2, -0.15) is 0 Å². The molecule has 0 saturated heterocycles. The van der Waals surface area contributed by atoms with Crippen molar-refractivity contribution in [2.24, 2.45) is 0 Å². The van der Waals surface area contributed by atoms with Crippen LogP contribution in [0.4, 0.5) is 0 Å². The van der Waals surface area contributed by atoms with E-state index < -0.39 is 5.41 Å². The van der Waals surface area contributed by atoms with Gasteiger partial charge < -0.3 is 18.9 Å². The molecule has 0 aliphatic rings. The normalized spacial score (nSPS) is 10.8. The molecule has 3 aromatic rings. The molecule has 0 radical (unpaired) electrons. The Morgan fingerprint density at radius 1 is 0.650 bits per heavy atom. The molecule has 0 atom stereocenters. The quantitative estimate of drug-likeness (QED) is 0.0807. The first kappa shape index (κ1) is 30.2. The largest absolute Gasteiger partial charge is 0.494 e. The number of benzene rings is 3. The van der Waals surface area contributed by atoms with Crippen molar-refractivity contribution in [3.05, 3.63) is 121 Å². The van der Waals surface area contributed by atoms with Gasteiger partial charge in [0.2, 0.25) is 0 Å². The first-order valence-electron chi connectivity index (χ1n) is 13.5. The summed E-state index contributed by atoms with van der Waals surface area (Å²) in [7, 11) is 0. The molecule has 0 bridgehead atoms. The molecule has 0 heterocycles. The van der Waals surface area contributed by atoms with Crippen LogP contribution in [0, 0.1) is 0 Å². The van der Waals surface area contributed by atoms with Crippen LogP contribution in [0.25, 0.3) is 0 Å². The Hall–Kier alpha value is -4.32. The Kier molecular flexibility index (Phi) is 12.0. The SMILES string of the molecule is C=CCOC(=O)CCCOc1ccc(C(C)(c2ccccc2)c2ccc(OCCCC(=O)OCC=C)cc2)cc1. The summed E-state index contributed by atoms with van der Waals surface area (Å²) >= 11 is 0. The van der Waals surface area contributed by atoms with Crippen molar-refractivity contribution in [2.75, 3.05) is 26.4 Å². The van der Waals surface area contributed by atoms with Crippen LogP contribution in [-0.4, -0.2) is 38.4 Å². The van der Waals surface area contributed by atoms with Crippen molar-refractivity contribution in [2.45, 2.75) is 38.0 Å². The molecule has 0 aliphatic heterocycles. The minimum atomic E-state index is -0.415. The maximum atomic E-state index is 11.6. The fourth-order valence-corrected chi connectivity index (χ4v) is 4.30. The highest BCUT2D eigenvalue weighted by molar-refractivity contribution is 5.69. The summed E-state index contributed by atoms with van der Waals surface area (Å²) in [4.78, 5) is 23.3. The summed E-state index contributed by atoms with van der Waals surface area (Å²) in [5, 5.41) is 0. The molecule has 0 fully saturated rings. The minimum Gasteiger partial charge on any atom is -0.494 e. The van der Waals surface area contributed by atoms with Crippen LogP contribution in [0.5, 0.6) is 11.5 Å². The molecule has 0 amide bonds. The Bertz CT molecular complexity index is 1140. The van der Waals surface area contributed by atoms with Crippen molar-refractivity contribution in [3.8, 4) is 11.5 Å². The predicted octanol–water partition coefficient (Wildman–Crippen LogP) is 6.82. The summed E-state index contributed by atoms with van der Waals surface area (Å²) in [6.45, 7) is 10.6. The minimum absolute atomic E-state index is 0.228. The standard InChI is InChI=1S/C34H38O6/c1-4-23-39-32(35)13-9-25-37-30-19-15-28(16-20-30)34(3,27-11-7-6-8-12-27)29-17-21-31(22-18-29)38-26-10-14-33(36)40-24-5-2/h4-8,11-12,15-22H,1-2,9-10,13-14,23-26H2,3H3. The van der Waals surface area contributed by atoms with E-state index in [0.717, 1.165) is 28.2 Å². The van der Waals surface area contributed by atoms with Crippen LogP contribution in [0.2, 0.25) is 0 Å². The van der Waals surface area contributed by atoms with Gasteiger partial charge in [0.25, 0.3) is 0 Å². The molecule has 0 unspecified atom stereocenters. The third-order valence-electron chi connectivity index (χ3n) is 6.53. The van der Waals surface area contributed by atoms with Crippen LogP contribution < -0.4 is 9.47 Å². The maximum absolute atomic E-state index is 11.6. The van der Waals surface area contributed by atoms with E-state index >= 15 is 0 Å². The average molecular weight is 543 g/mol. The molecule has 210 valence electrons. The first-order valence-corrected chi connectivity index (χ1v) is 13.5. The highest BCUT2D eigenvalue weighted by Crippen LogP contribution is 2.39. The molecule has 0 N–H and O–H groups in total. The molecular weight excluding hydrogens is 504 g/mol. The monoisotopic (exact) mass is 542 g/mol. The second-order valence-electron chi connectivity index (χ2n) is 9.39. The van der Waals surface area contributed by atoms with Crippen LogP contribution in [0.1, 0.15) is 49.3 Å². The summed E-state index contributed by atoms with van der Waals surface area (Å²) in [5.74, 6) is 0.988. The van der Waals surface area contributed by atoms with Crippen LogP contribution >= 0.6 is 0 Å². The predicted molar refractivity (Wildman–Crippen MR) is 157 cm³/mol. The lowest BCUT2D eigenvalue weighted by molar-refractivity contribution is -0.143. The van der Waals surface area contributed by atoms with Gasteiger partial charge in [0.05, 0.1) is 13.2 Å². The molecule has 6 heteroatoms. The zero-order valence-electron chi connectivity index (χ0n) is 23.2. The van der Waals surface area contributed by atoms with E-state index in [1.54, 1.807) is 12.2 Å². The lowest BCUT2D eigenvalue weighted by Gasteiger charge is -2.32. The second-order valence-corrected chi connectivity index (χ2v) is 9.39. The van der Waals surface area contributed by atoms with E-state index in [-0.39, 0.29) is 25.2 Å². The smallest absolute Gasteiger partial charge is 0.306 e. The molecular formula is C34H38O6. The van der Waals surface area contributed by atoms with E-state index in [1.807, 2.05) is 42.5 Å². The number of esters is 2. The van der Waals surface area contributed by atoms with Gasteiger partial charge in [0.15, 0.2) is 0 Å². The van der Waals surface area contributed by atoms with Crippen LogP contribution in [0.3, 0.4) is 0 Å². The number of ether oxygens (including phenoxy) is 4. The van der Waals surface area contributed by atoms with Crippen molar-refractivity contribution >= 4 is 11.9 Å². The van der Waals surface area contributed by atoms with Gasteiger partial charge in [-0.15, -0.1) is 0 Å². The van der Waals surface area contributed by atoms with E-state index in [4.69, 9.17) is 18.9 Å². The van der Waals surface area contributed by atoms with Crippen molar-refractivity contribution in [1.29, 1.82) is 0 Å². The zero-order chi connectivity index (χ0) is 28.6. The van der Waals surface area contributed by atoms with E-state index in [1.165, 1.54) is 0 Å². The van der Waals surface area contributed by atoms with Gasteiger partial charge in [-0.05, 0) is 60.7 Å². The zero-order valence-corrected chi connectivity index (χ0v) is 23.2. The second kappa shape index (κ2) is 15.9. The number of carbonyl (C=O) groups is 2. The van der Waals surface area contributed by atoms with E-state index in [0.29, 0.717) is 38.9 Å². The highest BCUT2D eigenvalue weighted by atomic mass is 16.5. The Balaban J connectivity index is 1.65. The Morgan fingerprint density at radius 3 is 1.45 bits per heavy atom. The number of carbonyl (C=O) groups excluding carboxylic acids is 2. The molecule has 6 nitrogen and oxygen atoms in total. The van der Waals surface area contributed by atoms with Crippen molar-refractivity contribution < 1.29 is 28.5 Å². The molecule has 0 saturated carbocycles. The van der Waals surface area contributed by atoms with E-state index in [2.05, 4.69) is 56.5 Å². The molecule has 0 aliphatic carbocycles. The Morgan fingerprint density at radius 2 is 1.05 bits per heavy atom. The topological polar surface area (TPSA) is 71.1 Å². The summed E-state index contributed by atoms with van der Waals surface area (Å²) in [6.07, 6.45) is 4.87. The maximum Gasteiger partial charge on any atom is 0.306 e. The average Bonchev–Trinajstić information content (AvgIpc) is 3.00. The molecule has 0 spiro atoms. The van der Waals surface area contributed by atoms with Crippen molar-refractivity contribution in [1.82, 2.24) is 0 Å². The number of rotatable bonds is 17. The highest BCUT2D eigenvalue weighted by Gasteiger charge is 2.31. The Labute approximate surface area is 237 Å². The van der Waals surface area contributed by atoms with E-state index in [9.17, 15) is 9.59 Å². The summed E-state index contributed by atoms with van der Waals surface area (Å²) in [6, 6.07) is 26.5. The number of hydrogen-bond acceptors (Lipinski definition) is 6. The third-order valence-corrected chi connectivity index (χ3v) is 6.53. The van der Waals surface area contributed by atoms with Crippen molar-refractivity contribution in [3.63, 3.8) is 0 Å². The molecule has 3 aromatic carbocycles. The fourth-order valence-electron chi connectivity index (χ4n) is 4.30. The fraction of sp³-hybridized carbons (Fsp3) is 0.294. The third kappa shape index (κ3) is 8.87. The van der Waals surface area contributed by atoms with Gasteiger partial charge in [0.1, 0.15) is 24.7 Å². The summed E-state index contributed by atoms with van der Waals surface area (Å²) in [5.41, 5.74) is 2.98. The van der Waals surface area contributed by atoms with Gasteiger partial charge >= 0.3 is 11.9 Å². The van der Waals surface area contributed by atoms with Gasteiger partial charge in [-0.25, -0.2) is 0 Å². The first-order chi connectivity index (χ1) is 19.5. The lowest BCUT2D eigenvalue weighted by atomic mass is 9.71. The van der Waals surface area contributed by atoms with Crippen LogP contribution in [0.15, 0.2) is 104 Å². The molecule has 0 aromatic heterocycles. The van der Waals surface area contributed by atoms with Gasteiger partial charge in [-0.1, -0.05) is 79.9 Å². The van der Waals surface area contributed by atoms with Gasteiger partial charge in [-0.3, -0.25) is 9.59 Å². The molecule has 3 rings (SSSR count). The number of hydrogen-bond donors (Lipinski definition) is 0. The molecule has 40 heavy (non-hydrogen) atoms. The van der Waals surface area contributed by atoms with Crippen LogP contribution in [-0.2, 0) is 24.5 Å².